The lowest BCUT2D eigenvalue weighted by molar-refractivity contribution is 0.0934. The quantitative estimate of drug-likeness (QED) is 0.854. The molecule has 0 bridgehead atoms. The van der Waals surface area contributed by atoms with Gasteiger partial charge in [0.05, 0.1) is 17.8 Å². The molecule has 3 rings (SSSR count). The first-order valence-electron chi connectivity index (χ1n) is 8.66. The highest BCUT2D eigenvalue weighted by Gasteiger charge is 2.23. The Bertz CT molecular complexity index is 773. The van der Waals surface area contributed by atoms with Crippen LogP contribution < -0.4 is 10.6 Å². The third-order valence-electron chi connectivity index (χ3n) is 4.84. The van der Waals surface area contributed by atoms with Crippen LogP contribution in [0.4, 0.5) is 4.39 Å². The highest BCUT2D eigenvalue weighted by Crippen LogP contribution is 2.21. The lowest BCUT2D eigenvalue weighted by atomic mass is 10.1. The van der Waals surface area contributed by atoms with Gasteiger partial charge in [0.2, 0.25) is 0 Å². The zero-order chi connectivity index (χ0) is 18.0. The molecule has 2 N–H and O–H groups in total. The molecule has 0 spiro atoms. The molecule has 2 heterocycles. The summed E-state index contributed by atoms with van der Waals surface area (Å²) in [5, 5.41) is 14.5. The Morgan fingerprint density at radius 1 is 1.35 bits per heavy atom. The number of aryl methyl sites for hydroxylation is 1. The Balaban J connectivity index is 0.00000243. The van der Waals surface area contributed by atoms with Gasteiger partial charge in [0.15, 0.2) is 5.69 Å². The van der Waals surface area contributed by atoms with Crippen molar-refractivity contribution in [3.63, 3.8) is 0 Å². The molecule has 26 heavy (non-hydrogen) atoms. The highest BCUT2D eigenvalue weighted by atomic mass is 35.5. The van der Waals surface area contributed by atoms with Crippen molar-refractivity contribution in [3.8, 4) is 0 Å². The molecule has 1 atom stereocenters. The van der Waals surface area contributed by atoms with Crippen LogP contribution in [0.3, 0.4) is 0 Å². The summed E-state index contributed by atoms with van der Waals surface area (Å²) in [7, 11) is 0. The largest absolute Gasteiger partial charge is 0.344 e. The fourth-order valence-electron chi connectivity index (χ4n) is 3.18. The van der Waals surface area contributed by atoms with Crippen LogP contribution in [-0.2, 0) is 0 Å². The molecule has 0 aliphatic carbocycles. The number of rotatable bonds is 4. The topological polar surface area (TPSA) is 71.8 Å². The van der Waals surface area contributed by atoms with Gasteiger partial charge in [-0.25, -0.2) is 9.07 Å². The summed E-state index contributed by atoms with van der Waals surface area (Å²) >= 11 is 0. The van der Waals surface area contributed by atoms with Crippen molar-refractivity contribution in [2.45, 2.75) is 45.7 Å². The van der Waals surface area contributed by atoms with Gasteiger partial charge < -0.3 is 10.6 Å². The molecule has 1 aliphatic heterocycles. The van der Waals surface area contributed by atoms with Gasteiger partial charge in [0.1, 0.15) is 5.82 Å². The Hall–Kier alpha value is -1.99. The van der Waals surface area contributed by atoms with Crippen molar-refractivity contribution >= 4 is 18.3 Å². The number of piperidine rings is 1. The van der Waals surface area contributed by atoms with Gasteiger partial charge in [0, 0.05) is 0 Å². The van der Waals surface area contributed by atoms with Crippen LogP contribution in [0.5, 0.6) is 0 Å². The number of nitrogens with one attached hydrogen (secondary N) is 2. The molecule has 1 unspecified atom stereocenters. The van der Waals surface area contributed by atoms with Crippen LogP contribution >= 0.6 is 12.4 Å². The van der Waals surface area contributed by atoms with Crippen LogP contribution in [0.2, 0.25) is 0 Å². The van der Waals surface area contributed by atoms with E-state index in [1.165, 1.54) is 6.07 Å². The maximum Gasteiger partial charge on any atom is 0.274 e. The van der Waals surface area contributed by atoms with E-state index in [1.54, 1.807) is 13.0 Å². The number of aromatic nitrogens is 3. The van der Waals surface area contributed by atoms with E-state index in [0.29, 0.717) is 11.3 Å². The van der Waals surface area contributed by atoms with E-state index in [4.69, 9.17) is 0 Å². The normalized spacial score (nSPS) is 16.0. The molecule has 0 saturated carbocycles. The summed E-state index contributed by atoms with van der Waals surface area (Å²) in [5.74, 6) is -0.558. The van der Waals surface area contributed by atoms with E-state index >= 15 is 0 Å². The second-order valence-corrected chi connectivity index (χ2v) is 6.65. The number of amides is 1. The number of carbonyl (C=O) groups is 1. The number of carbonyl (C=O) groups excluding carboxylic acids is 1. The Morgan fingerprint density at radius 2 is 2.04 bits per heavy atom. The summed E-state index contributed by atoms with van der Waals surface area (Å²) < 4.78 is 15.6. The SMILES string of the molecule is Cc1ccc(C(C)NC(=O)c2nnn(C3CCNCC3)c2C)cc1F.Cl. The first kappa shape index (κ1) is 20.3. The molecule has 1 fully saturated rings. The Kier molecular flexibility index (Phi) is 6.72. The minimum Gasteiger partial charge on any atom is -0.344 e. The number of hydrogen-bond acceptors (Lipinski definition) is 4. The third-order valence-corrected chi connectivity index (χ3v) is 4.84. The average Bonchev–Trinajstić information content (AvgIpc) is 2.99. The number of halogens is 2. The smallest absolute Gasteiger partial charge is 0.274 e. The van der Waals surface area contributed by atoms with Crippen LogP contribution in [-0.4, -0.2) is 34.0 Å². The Labute approximate surface area is 159 Å². The lowest BCUT2D eigenvalue weighted by Gasteiger charge is -2.23. The highest BCUT2D eigenvalue weighted by molar-refractivity contribution is 5.93. The van der Waals surface area contributed by atoms with E-state index in [1.807, 2.05) is 24.6 Å². The molecule has 1 aliphatic rings. The molecule has 1 amide bonds. The van der Waals surface area contributed by atoms with Crippen molar-refractivity contribution in [2.24, 2.45) is 0 Å². The monoisotopic (exact) mass is 381 g/mol. The van der Waals surface area contributed by atoms with Gasteiger partial charge in [-0.3, -0.25) is 4.79 Å². The number of nitrogens with zero attached hydrogens (tertiary/aromatic N) is 3. The molecule has 142 valence electrons. The summed E-state index contributed by atoms with van der Waals surface area (Å²) in [6.45, 7) is 7.30. The predicted octanol–water partition coefficient (Wildman–Crippen LogP) is 2.87. The van der Waals surface area contributed by atoms with Crippen molar-refractivity contribution in [1.82, 2.24) is 25.6 Å². The second-order valence-electron chi connectivity index (χ2n) is 6.65. The molecule has 1 saturated heterocycles. The van der Waals surface area contributed by atoms with Gasteiger partial charge in [-0.15, -0.1) is 17.5 Å². The minimum absolute atomic E-state index is 0. The van der Waals surface area contributed by atoms with Crippen LogP contribution in [0, 0.1) is 19.7 Å². The van der Waals surface area contributed by atoms with Crippen molar-refractivity contribution < 1.29 is 9.18 Å². The Morgan fingerprint density at radius 3 is 2.69 bits per heavy atom. The maximum atomic E-state index is 13.7. The predicted molar refractivity (Wildman–Crippen MR) is 100 cm³/mol. The zero-order valence-corrected chi connectivity index (χ0v) is 16.1. The third kappa shape index (κ3) is 4.22. The maximum absolute atomic E-state index is 13.7. The van der Waals surface area contributed by atoms with Gasteiger partial charge in [-0.2, -0.15) is 0 Å². The average molecular weight is 382 g/mol. The minimum atomic E-state index is -0.314. The standard InChI is InChI=1S/C18H24FN5O.ClH/c1-11-4-5-14(10-16(11)19)12(2)21-18(25)17-13(3)24(23-22-17)15-6-8-20-9-7-15;/h4-5,10,12,15,20H,6-9H2,1-3H3,(H,21,25);1H. The first-order valence-corrected chi connectivity index (χ1v) is 8.66. The number of hydrogen-bond donors (Lipinski definition) is 2. The van der Waals surface area contributed by atoms with Crippen LogP contribution in [0.15, 0.2) is 18.2 Å². The van der Waals surface area contributed by atoms with E-state index in [2.05, 4.69) is 20.9 Å². The molecule has 2 aromatic rings. The van der Waals surface area contributed by atoms with E-state index in [9.17, 15) is 9.18 Å². The number of benzene rings is 1. The van der Waals surface area contributed by atoms with E-state index in [-0.39, 0.29) is 36.2 Å². The molecule has 0 radical (unpaired) electrons. The second kappa shape index (κ2) is 8.60. The summed E-state index contributed by atoms with van der Waals surface area (Å²) in [6.07, 6.45) is 1.95. The molecular weight excluding hydrogens is 357 g/mol. The summed E-state index contributed by atoms with van der Waals surface area (Å²) in [6, 6.07) is 4.96. The van der Waals surface area contributed by atoms with E-state index in [0.717, 1.165) is 37.2 Å². The van der Waals surface area contributed by atoms with Crippen molar-refractivity contribution in [3.05, 3.63) is 46.5 Å². The van der Waals surface area contributed by atoms with Gasteiger partial charge in [-0.05, 0) is 63.9 Å². The lowest BCUT2D eigenvalue weighted by Crippen LogP contribution is -2.31. The fourth-order valence-corrected chi connectivity index (χ4v) is 3.18. The molecule has 1 aromatic carbocycles. The molecular formula is C18H25ClFN5O. The molecule has 8 heteroatoms. The van der Waals surface area contributed by atoms with Crippen LogP contribution in [0.25, 0.3) is 0 Å². The van der Waals surface area contributed by atoms with Crippen LogP contribution in [0.1, 0.15) is 59.2 Å². The fraction of sp³-hybridized carbons (Fsp3) is 0.500. The molecule has 6 nitrogen and oxygen atoms in total. The zero-order valence-electron chi connectivity index (χ0n) is 15.3. The van der Waals surface area contributed by atoms with Gasteiger partial charge >= 0.3 is 0 Å². The van der Waals surface area contributed by atoms with E-state index < -0.39 is 0 Å². The van der Waals surface area contributed by atoms with Gasteiger partial charge in [-0.1, -0.05) is 17.3 Å². The molecule has 1 aromatic heterocycles. The summed E-state index contributed by atoms with van der Waals surface area (Å²) in [5.41, 5.74) is 2.41. The van der Waals surface area contributed by atoms with Crippen molar-refractivity contribution in [1.29, 1.82) is 0 Å². The first-order chi connectivity index (χ1) is 12.0. The van der Waals surface area contributed by atoms with Gasteiger partial charge in [0.25, 0.3) is 5.91 Å². The van der Waals surface area contributed by atoms with Crippen molar-refractivity contribution in [2.75, 3.05) is 13.1 Å². The summed E-state index contributed by atoms with van der Waals surface area (Å²) in [4.78, 5) is 12.6.